The lowest BCUT2D eigenvalue weighted by Crippen LogP contribution is -2.35. The molecule has 1 fully saturated rings. The van der Waals surface area contributed by atoms with E-state index in [2.05, 4.69) is 5.32 Å². The lowest BCUT2D eigenvalue weighted by atomic mass is 9.84. The van der Waals surface area contributed by atoms with Gasteiger partial charge in [-0.1, -0.05) is 36.4 Å². The standard InChI is InChI=1S/C17H21NO5S/c1-3-22-16(19)13-9-14(23-24(2,20)21)15-17(11-13,18-15)10-12-7-5-4-6-8-12/h4-8,11,14-15,18H,3,9-10H2,1-2H3. The molecule has 0 amide bonds. The van der Waals surface area contributed by atoms with Crippen molar-refractivity contribution in [1.82, 2.24) is 5.32 Å². The molecule has 0 saturated carbocycles. The maximum absolute atomic E-state index is 12.1. The number of esters is 1. The van der Waals surface area contributed by atoms with Crippen molar-refractivity contribution in [2.45, 2.75) is 37.5 Å². The quantitative estimate of drug-likeness (QED) is 0.470. The van der Waals surface area contributed by atoms with Gasteiger partial charge in [0.05, 0.1) is 30.5 Å². The van der Waals surface area contributed by atoms with Crippen LogP contribution in [0.5, 0.6) is 0 Å². The molecule has 2 aliphatic rings. The highest BCUT2D eigenvalue weighted by Crippen LogP contribution is 2.43. The molecule has 0 radical (unpaired) electrons. The summed E-state index contributed by atoms with van der Waals surface area (Å²) in [6, 6.07) is 9.72. The van der Waals surface area contributed by atoms with E-state index in [1.54, 1.807) is 6.92 Å². The molecule has 24 heavy (non-hydrogen) atoms. The van der Waals surface area contributed by atoms with Crippen LogP contribution in [0.15, 0.2) is 42.0 Å². The Balaban J connectivity index is 1.87. The second-order valence-corrected chi connectivity index (χ2v) is 7.86. The van der Waals surface area contributed by atoms with Crippen LogP contribution in [-0.4, -0.2) is 44.9 Å². The molecule has 1 aromatic carbocycles. The maximum atomic E-state index is 12.1. The van der Waals surface area contributed by atoms with Gasteiger partial charge in [0, 0.05) is 12.0 Å². The van der Waals surface area contributed by atoms with E-state index < -0.39 is 27.7 Å². The minimum atomic E-state index is -3.61. The largest absolute Gasteiger partial charge is 0.463 e. The number of benzene rings is 1. The maximum Gasteiger partial charge on any atom is 0.333 e. The molecule has 0 bridgehead atoms. The fourth-order valence-corrected chi connectivity index (χ4v) is 3.96. The molecule has 1 aliphatic heterocycles. The predicted molar refractivity (Wildman–Crippen MR) is 88.9 cm³/mol. The summed E-state index contributed by atoms with van der Waals surface area (Å²) in [4.78, 5) is 12.1. The molecule has 130 valence electrons. The summed E-state index contributed by atoms with van der Waals surface area (Å²) in [5, 5.41) is 3.32. The lowest BCUT2D eigenvalue weighted by Gasteiger charge is -2.24. The molecule has 0 aromatic heterocycles. The number of ether oxygens (including phenoxy) is 1. The predicted octanol–water partition coefficient (Wildman–Crippen LogP) is 1.18. The topological polar surface area (TPSA) is 91.6 Å². The Kier molecular flexibility index (Phi) is 4.50. The van der Waals surface area contributed by atoms with Gasteiger partial charge in [0.2, 0.25) is 0 Å². The van der Waals surface area contributed by atoms with Gasteiger partial charge in [-0.15, -0.1) is 0 Å². The van der Waals surface area contributed by atoms with E-state index in [9.17, 15) is 13.2 Å². The van der Waals surface area contributed by atoms with E-state index in [0.29, 0.717) is 12.0 Å². The summed E-state index contributed by atoms with van der Waals surface area (Å²) in [5.74, 6) is -0.417. The Labute approximate surface area is 142 Å². The van der Waals surface area contributed by atoms with E-state index >= 15 is 0 Å². The van der Waals surface area contributed by atoms with Gasteiger partial charge in [0.15, 0.2) is 0 Å². The number of fused-ring (bicyclic) bond motifs is 1. The van der Waals surface area contributed by atoms with Crippen molar-refractivity contribution in [1.29, 1.82) is 0 Å². The third-order valence-corrected chi connectivity index (χ3v) is 4.89. The highest BCUT2D eigenvalue weighted by atomic mass is 32.2. The number of hydrogen-bond acceptors (Lipinski definition) is 6. The zero-order valence-electron chi connectivity index (χ0n) is 13.7. The van der Waals surface area contributed by atoms with Gasteiger partial charge in [-0.2, -0.15) is 8.42 Å². The molecule has 3 unspecified atom stereocenters. The van der Waals surface area contributed by atoms with Crippen molar-refractivity contribution in [3.63, 3.8) is 0 Å². The summed E-state index contributed by atoms with van der Waals surface area (Å²) < 4.78 is 33.4. The van der Waals surface area contributed by atoms with Crippen LogP contribution in [0.4, 0.5) is 0 Å². The third-order valence-electron chi connectivity index (χ3n) is 4.30. The molecule has 1 aliphatic carbocycles. The van der Waals surface area contributed by atoms with Crippen molar-refractivity contribution in [2.75, 3.05) is 12.9 Å². The minimum absolute atomic E-state index is 0.134. The number of nitrogens with one attached hydrogen (secondary N) is 1. The summed E-state index contributed by atoms with van der Waals surface area (Å²) in [7, 11) is -3.61. The van der Waals surface area contributed by atoms with Gasteiger partial charge < -0.3 is 4.74 Å². The van der Waals surface area contributed by atoms with Crippen LogP contribution in [0.3, 0.4) is 0 Å². The van der Waals surface area contributed by atoms with Gasteiger partial charge in [-0.3, -0.25) is 9.50 Å². The molecule has 3 atom stereocenters. The second kappa shape index (κ2) is 6.31. The molecule has 1 heterocycles. The van der Waals surface area contributed by atoms with E-state index in [0.717, 1.165) is 11.8 Å². The van der Waals surface area contributed by atoms with Gasteiger partial charge in [-0.05, 0) is 18.9 Å². The van der Waals surface area contributed by atoms with Crippen molar-refractivity contribution < 1.29 is 22.1 Å². The second-order valence-electron chi connectivity index (χ2n) is 6.26. The van der Waals surface area contributed by atoms with Crippen LogP contribution in [-0.2, 0) is 30.3 Å². The smallest absolute Gasteiger partial charge is 0.333 e. The molecule has 1 aromatic rings. The highest BCUT2D eigenvalue weighted by molar-refractivity contribution is 7.86. The molecular weight excluding hydrogens is 330 g/mol. The normalized spacial score (nSPS) is 28.7. The molecule has 6 nitrogen and oxygen atoms in total. The van der Waals surface area contributed by atoms with Crippen LogP contribution in [0.2, 0.25) is 0 Å². The first-order chi connectivity index (χ1) is 11.3. The fourth-order valence-electron chi connectivity index (χ4n) is 3.33. The van der Waals surface area contributed by atoms with Gasteiger partial charge >= 0.3 is 5.97 Å². The summed E-state index contributed by atoms with van der Waals surface area (Å²) >= 11 is 0. The van der Waals surface area contributed by atoms with Crippen molar-refractivity contribution in [3.05, 3.63) is 47.5 Å². The monoisotopic (exact) mass is 351 g/mol. The summed E-state index contributed by atoms with van der Waals surface area (Å²) in [6.45, 7) is 2.01. The van der Waals surface area contributed by atoms with E-state index in [1.807, 2.05) is 36.4 Å². The molecule has 1 N–H and O–H groups in total. The molecule has 0 spiro atoms. The minimum Gasteiger partial charge on any atom is -0.463 e. The van der Waals surface area contributed by atoms with Crippen LogP contribution < -0.4 is 5.32 Å². The zero-order valence-corrected chi connectivity index (χ0v) is 14.5. The zero-order chi connectivity index (χ0) is 17.4. The highest BCUT2D eigenvalue weighted by Gasteiger charge is 2.59. The number of carbonyl (C=O) groups excluding carboxylic acids is 1. The number of hydrogen-bond donors (Lipinski definition) is 1. The van der Waals surface area contributed by atoms with Crippen LogP contribution in [0, 0.1) is 0 Å². The molecule has 7 heteroatoms. The summed E-state index contributed by atoms with van der Waals surface area (Å²) in [5.41, 5.74) is 1.10. The van der Waals surface area contributed by atoms with Crippen molar-refractivity contribution >= 4 is 16.1 Å². The third kappa shape index (κ3) is 3.68. The number of rotatable bonds is 6. The van der Waals surface area contributed by atoms with Crippen LogP contribution in [0.1, 0.15) is 18.9 Å². The van der Waals surface area contributed by atoms with Crippen molar-refractivity contribution in [3.8, 4) is 0 Å². The lowest BCUT2D eigenvalue weighted by molar-refractivity contribution is -0.139. The van der Waals surface area contributed by atoms with E-state index in [1.165, 1.54) is 0 Å². The van der Waals surface area contributed by atoms with Gasteiger partial charge in [0.1, 0.15) is 0 Å². The first-order valence-electron chi connectivity index (χ1n) is 7.92. The molecule has 3 rings (SSSR count). The fraction of sp³-hybridized carbons (Fsp3) is 0.471. The van der Waals surface area contributed by atoms with E-state index in [4.69, 9.17) is 8.92 Å². The Hall–Kier alpha value is -1.70. The number of carbonyl (C=O) groups is 1. The van der Waals surface area contributed by atoms with Gasteiger partial charge in [0.25, 0.3) is 10.1 Å². The SMILES string of the molecule is CCOC(=O)C1=CC2(Cc3ccccc3)NC2C(OS(C)(=O)=O)C1. The summed E-state index contributed by atoms with van der Waals surface area (Å²) in [6.07, 6.45) is 3.18. The van der Waals surface area contributed by atoms with Crippen LogP contribution >= 0.6 is 0 Å². The van der Waals surface area contributed by atoms with Crippen LogP contribution in [0.25, 0.3) is 0 Å². The molecule has 1 saturated heterocycles. The van der Waals surface area contributed by atoms with Crippen molar-refractivity contribution in [2.24, 2.45) is 0 Å². The first-order valence-corrected chi connectivity index (χ1v) is 9.73. The van der Waals surface area contributed by atoms with E-state index in [-0.39, 0.29) is 19.1 Å². The Morgan fingerprint density at radius 3 is 2.67 bits per heavy atom. The molecular formula is C17H21NO5S. The Bertz CT molecular complexity index is 758. The van der Waals surface area contributed by atoms with Gasteiger partial charge in [-0.25, -0.2) is 4.79 Å². The first kappa shape index (κ1) is 17.1. The Morgan fingerprint density at radius 2 is 2.04 bits per heavy atom. The average molecular weight is 351 g/mol. The Morgan fingerprint density at radius 1 is 1.33 bits per heavy atom. The average Bonchev–Trinajstić information content (AvgIpc) is 3.21.